The summed E-state index contributed by atoms with van der Waals surface area (Å²) in [4.78, 5) is 0. The summed E-state index contributed by atoms with van der Waals surface area (Å²) in [5.74, 6) is -0.277. The lowest BCUT2D eigenvalue weighted by Gasteiger charge is -2.03. The van der Waals surface area contributed by atoms with Crippen LogP contribution in [0.5, 0.6) is 0 Å². The van der Waals surface area contributed by atoms with Gasteiger partial charge in [0.25, 0.3) is 0 Å². The maximum Gasteiger partial charge on any atom is 0.139 e. The third kappa shape index (κ3) is 2.62. The molecule has 0 spiro atoms. The van der Waals surface area contributed by atoms with Gasteiger partial charge >= 0.3 is 0 Å². The van der Waals surface area contributed by atoms with Crippen LogP contribution in [0.25, 0.3) is 5.69 Å². The molecule has 0 aliphatic heterocycles. The first-order valence-corrected chi connectivity index (χ1v) is 6.75. The number of rotatable bonds is 4. The normalized spacial score (nSPS) is 15.0. The molecule has 2 aromatic rings. The van der Waals surface area contributed by atoms with E-state index < -0.39 is 0 Å². The van der Waals surface area contributed by atoms with Gasteiger partial charge in [0.15, 0.2) is 0 Å². The van der Waals surface area contributed by atoms with E-state index in [4.69, 9.17) is 0 Å². The number of benzene rings is 1. The lowest BCUT2D eigenvalue weighted by atomic mass is 10.3. The minimum Gasteiger partial charge on any atom is -0.308 e. The quantitative estimate of drug-likeness (QED) is 0.941. The van der Waals surface area contributed by atoms with Gasteiger partial charge in [-0.25, -0.2) is 9.07 Å². The molecule has 0 bridgehead atoms. The topological polar surface area (TPSA) is 29.9 Å². The van der Waals surface area contributed by atoms with Crippen molar-refractivity contribution in [3.63, 3.8) is 0 Å². The van der Waals surface area contributed by atoms with Crippen LogP contribution < -0.4 is 5.32 Å². The fraction of sp³-hybridized carbons (Fsp3) is 0.308. The van der Waals surface area contributed by atoms with Crippen molar-refractivity contribution in [2.75, 3.05) is 0 Å². The van der Waals surface area contributed by atoms with Crippen LogP contribution in [0.3, 0.4) is 0 Å². The Morgan fingerprint density at radius 2 is 2.22 bits per heavy atom. The third-order valence-corrected chi connectivity index (χ3v) is 3.60. The maximum absolute atomic E-state index is 13.4. The Bertz CT molecular complexity index is 563. The van der Waals surface area contributed by atoms with Gasteiger partial charge in [-0.15, -0.1) is 0 Å². The molecule has 1 aromatic heterocycles. The van der Waals surface area contributed by atoms with Crippen molar-refractivity contribution in [2.45, 2.75) is 25.4 Å². The molecule has 1 aliphatic carbocycles. The first kappa shape index (κ1) is 11.9. The lowest BCUT2D eigenvalue weighted by Crippen LogP contribution is -2.15. The van der Waals surface area contributed by atoms with Gasteiger partial charge in [-0.2, -0.15) is 5.10 Å². The highest BCUT2D eigenvalue weighted by Crippen LogP contribution is 2.20. The summed E-state index contributed by atoms with van der Waals surface area (Å²) in [5, 5.41) is 7.82. The van der Waals surface area contributed by atoms with E-state index in [9.17, 15) is 4.39 Å². The van der Waals surface area contributed by atoms with Gasteiger partial charge in [0, 0.05) is 24.8 Å². The van der Waals surface area contributed by atoms with Crippen molar-refractivity contribution < 1.29 is 4.39 Å². The first-order valence-electron chi connectivity index (χ1n) is 5.96. The van der Waals surface area contributed by atoms with Crippen molar-refractivity contribution in [2.24, 2.45) is 0 Å². The third-order valence-electron chi connectivity index (χ3n) is 2.96. The second-order valence-electron chi connectivity index (χ2n) is 4.51. The van der Waals surface area contributed by atoms with E-state index in [1.165, 1.54) is 18.9 Å². The summed E-state index contributed by atoms with van der Waals surface area (Å²) in [6, 6.07) is 7.61. The van der Waals surface area contributed by atoms with Gasteiger partial charge in [-0.1, -0.05) is 0 Å². The zero-order valence-electron chi connectivity index (χ0n) is 9.74. The second-order valence-corrected chi connectivity index (χ2v) is 5.36. The highest BCUT2D eigenvalue weighted by Gasteiger charge is 2.20. The Labute approximate surface area is 113 Å². The van der Waals surface area contributed by atoms with Gasteiger partial charge in [0.2, 0.25) is 0 Å². The largest absolute Gasteiger partial charge is 0.308 e. The number of halogens is 2. The van der Waals surface area contributed by atoms with E-state index in [0.717, 1.165) is 17.9 Å². The van der Waals surface area contributed by atoms with Crippen molar-refractivity contribution in [1.82, 2.24) is 15.1 Å². The van der Waals surface area contributed by atoms with Gasteiger partial charge in [0.1, 0.15) is 5.82 Å². The number of nitrogens with zero attached hydrogens (tertiary/aromatic N) is 2. The van der Waals surface area contributed by atoms with E-state index in [2.05, 4.69) is 26.3 Å². The van der Waals surface area contributed by atoms with E-state index in [1.807, 2.05) is 18.3 Å². The van der Waals surface area contributed by atoms with Gasteiger partial charge < -0.3 is 5.32 Å². The number of hydrogen-bond donors (Lipinski definition) is 1. The molecule has 18 heavy (non-hydrogen) atoms. The molecule has 3 rings (SSSR count). The van der Waals surface area contributed by atoms with Gasteiger partial charge in [-0.3, -0.25) is 0 Å². The second kappa shape index (κ2) is 4.82. The molecule has 0 unspecified atom stereocenters. The number of nitrogens with one attached hydrogen (secondary N) is 1. The summed E-state index contributed by atoms with van der Waals surface area (Å²) in [6.45, 7) is 0.774. The van der Waals surface area contributed by atoms with Crippen LogP contribution in [0.1, 0.15) is 18.5 Å². The molecule has 94 valence electrons. The summed E-state index contributed by atoms with van der Waals surface area (Å²) in [6.07, 6.45) is 4.38. The van der Waals surface area contributed by atoms with E-state index in [0.29, 0.717) is 10.5 Å². The minimum absolute atomic E-state index is 0.277. The van der Waals surface area contributed by atoms with Gasteiger partial charge in [0.05, 0.1) is 15.9 Å². The van der Waals surface area contributed by atoms with Gasteiger partial charge in [-0.05, 0) is 47.0 Å². The fourth-order valence-electron chi connectivity index (χ4n) is 1.76. The zero-order valence-corrected chi connectivity index (χ0v) is 11.3. The SMILES string of the molecule is Fc1cc(-n2ccc(CNC3CC3)n2)ccc1Br. The highest BCUT2D eigenvalue weighted by atomic mass is 79.9. The smallest absolute Gasteiger partial charge is 0.139 e. The molecule has 0 atom stereocenters. The first-order chi connectivity index (χ1) is 8.72. The Hall–Kier alpha value is -1.20. The molecule has 1 heterocycles. The molecule has 1 aromatic carbocycles. The Balaban J connectivity index is 1.76. The molecule has 0 amide bonds. The molecule has 1 saturated carbocycles. The number of aromatic nitrogens is 2. The van der Waals surface area contributed by atoms with Crippen molar-refractivity contribution in [3.05, 3.63) is 46.4 Å². The predicted molar refractivity (Wildman–Crippen MR) is 71.1 cm³/mol. The van der Waals surface area contributed by atoms with E-state index >= 15 is 0 Å². The van der Waals surface area contributed by atoms with Crippen molar-refractivity contribution in [1.29, 1.82) is 0 Å². The average molecular weight is 310 g/mol. The average Bonchev–Trinajstić information content (AvgIpc) is 3.08. The summed E-state index contributed by atoms with van der Waals surface area (Å²) < 4.78 is 15.6. The Morgan fingerprint density at radius 1 is 1.39 bits per heavy atom. The van der Waals surface area contributed by atoms with E-state index in [1.54, 1.807) is 10.7 Å². The van der Waals surface area contributed by atoms with Crippen LogP contribution in [-0.2, 0) is 6.54 Å². The monoisotopic (exact) mass is 309 g/mol. The van der Waals surface area contributed by atoms with Crippen LogP contribution in [0.2, 0.25) is 0 Å². The van der Waals surface area contributed by atoms with Crippen LogP contribution in [-0.4, -0.2) is 15.8 Å². The molecule has 3 nitrogen and oxygen atoms in total. The van der Waals surface area contributed by atoms with E-state index in [-0.39, 0.29) is 5.82 Å². The van der Waals surface area contributed by atoms with Crippen LogP contribution in [0.15, 0.2) is 34.9 Å². The molecule has 1 N–H and O–H groups in total. The van der Waals surface area contributed by atoms with Crippen LogP contribution in [0.4, 0.5) is 4.39 Å². The summed E-state index contributed by atoms with van der Waals surface area (Å²) in [5.41, 5.74) is 1.71. The summed E-state index contributed by atoms with van der Waals surface area (Å²) >= 11 is 3.14. The molecular formula is C13H13BrFN3. The van der Waals surface area contributed by atoms with Crippen molar-refractivity contribution in [3.8, 4) is 5.69 Å². The van der Waals surface area contributed by atoms with Crippen LogP contribution >= 0.6 is 15.9 Å². The predicted octanol–water partition coefficient (Wildman–Crippen LogP) is 3.03. The molecule has 0 saturated heterocycles. The minimum atomic E-state index is -0.277. The molecular weight excluding hydrogens is 297 g/mol. The molecule has 5 heteroatoms. The Kier molecular flexibility index (Phi) is 3.18. The standard InChI is InChI=1S/C13H13BrFN3/c14-12-4-3-11(7-13(12)15)18-6-5-10(17-18)8-16-9-1-2-9/h3-7,9,16H,1-2,8H2. The van der Waals surface area contributed by atoms with Crippen molar-refractivity contribution >= 4 is 15.9 Å². The zero-order chi connectivity index (χ0) is 12.5. The Morgan fingerprint density at radius 3 is 2.94 bits per heavy atom. The summed E-state index contributed by atoms with van der Waals surface area (Å²) in [7, 11) is 0. The molecule has 1 fully saturated rings. The molecule has 1 aliphatic rings. The highest BCUT2D eigenvalue weighted by molar-refractivity contribution is 9.10. The lowest BCUT2D eigenvalue weighted by molar-refractivity contribution is 0.618. The molecule has 0 radical (unpaired) electrons. The van der Waals surface area contributed by atoms with Crippen LogP contribution in [0, 0.1) is 5.82 Å². The fourth-order valence-corrected chi connectivity index (χ4v) is 2.01. The maximum atomic E-state index is 13.4. The number of hydrogen-bond acceptors (Lipinski definition) is 2.